The molecule has 0 aromatic heterocycles. The van der Waals surface area contributed by atoms with E-state index in [9.17, 15) is 5.11 Å². The maximum Gasteiger partial charge on any atom is 0.122 e. The molecule has 0 fully saturated rings. The summed E-state index contributed by atoms with van der Waals surface area (Å²) in [5, 5.41) is 10.5. The summed E-state index contributed by atoms with van der Waals surface area (Å²) in [6.07, 6.45) is -0.731. The molecule has 0 amide bonds. The van der Waals surface area contributed by atoms with Gasteiger partial charge in [-0.2, -0.15) is 0 Å². The Morgan fingerprint density at radius 1 is 0.950 bits per heavy atom. The lowest BCUT2D eigenvalue weighted by molar-refractivity contribution is 0.219. The monoisotopic (exact) mass is 273 g/mol. The fourth-order valence-electron chi connectivity index (χ4n) is 2.02. The number of hydrogen-bond donors (Lipinski definition) is 2. The average Bonchev–Trinajstić information content (AvgIpc) is 2.53. The van der Waals surface area contributed by atoms with Crippen LogP contribution in [0.3, 0.4) is 0 Å². The molecule has 20 heavy (non-hydrogen) atoms. The molecule has 0 saturated heterocycles. The van der Waals surface area contributed by atoms with Crippen LogP contribution >= 0.6 is 0 Å². The molecule has 2 aromatic rings. The number of methoxy groups -OCH3 is 2. The Morgan fingerprint density at radius 3 is 1.95 bits per heavy atom. The quantitative estimate of drug-likeness (QED) is 0.877. The highest BCUT2D eigenvalue weighted by atomic mass is 16.5. The van der Waals surface area contributed by atoms with E-state index in [1.54, 1.807) is 32.4 Å². The van der Waals surface area contributed by atoms with Gasteiger partial charge in [-0.3, -0.25) is 0 Å². The predicted molar refractivity (Wildman–Crippen MR) is 77.9 cm³/mol. The summed E-state index contributed by atoms with van der Waals surface area (Å²) in [6, 6.07) is 12.9. The lowest BCUT2D eigenvalue weighted by Gasteiger charge is -2.14. The summed E-state index contributed by atoms with van der Waals surface area (Å²) in [7, 11) is 3.17. The summed E-state index contributed by atoms with van der Waals surface area (Å²) >= 11 is 0. The Labute approximate surface area is 118 Å². The maximum absolute atomic E-state index is 10.5. The fraction of sp³-hybridized carbons (Fsp3) is 0.250. The van der Waals surface area contributed by atoms with Crippen molar-refractivity contribution in [2.24, 2.45) is 5.73 Å². The van der Waals surface area contributed by atoms with Gasteiger partial charge >= 0.3 is 0 Å². The number of hydrogen-bond acceptors (Lipinski definition) is 4. The molecule has 2 aromatic carbocycles. The number of aliphatic hydroxyl groups excluding tert-OH is 1. The van der Waals surface area contributed by atoms with Crippen molar-refractivity contribution in [2.75, 3.05) is 14.2 Å². The summed E-state index contributed by atoms with van der Waals surface area (Å²) < 4.78 is 10.4. The first kappa shape index (κ1) is 14.4. The van der Waals surface area contributed by atoms with E-state index in [-0.39, 0.29) is 0 Å². The van der Waals surface area contributed by atoms with Gasteiger partial charge in [0, 0.05) is 12.6 Å². The van der Waals surface area contributed by atoms with Crippen LogP contribution in [0.2, 0.25) is 0 Å². The molecule has 3 N–H and O–H groups in total. The zero-order valence-corrected chi connectivity index (χ0v) is 11.7. The minimum atomic E-state index is -0.731. The van der Waals surface area contributed by atoms with Crippen molar-refractivity contribution in [2.45, 2.75) is 12.6 Å². The molecule has 0 heterocycles. The second kappa shape index (κ2) is 6.41. The molecule has 1 atom stereocenters. The van der Waals surface area contributed by atoms with Crippen molar-refractivity contribution in [1.82, 2.24) is 0 Å². The summed E-state index contributed by atoms with van der Waals surface area (Å²) in [4.78, 5) is 0. The molecular weight excluding hydrogens is 254 g/mol. The predicted octanol–water partition coefficient (Wildman–Crippen LogP) is 2.24. The van der Waals surface area contributed by atoms with Gasteiger partial charge in [-0.1, -0.05) is 24.3 Å². The third-order valence-electron chi connectivity index (χ3n) is 3.22. The van der Waals surface area contributed by atoms with Crippen LogP contribution in [0.15, 0.2) is 42.5 Å². The third kappa shape index (κ3) is 3.10. The van der Waals surface area contributed by atoms with Crippen LogP contribution in [0.5, 0.6) is 11.5 Å². The second-order valence-electron chi connectivity index (χ2n) is 4.49. The van der Waals surface area contributed by atoms with Gasteiger partial charge < -0.3 is 20.3 Å². The fourth-order valence-corrected chi connectivity index (χ4v) is 2.02. The molecule has 0 aliphatic carbocycles. The molecule has 1 unspecified atom stereocenters. The Kier molecular flexibility index (Phi) is 4.61. The van der Waals surface area contributed by atoms with Gasteiger partial charge in [-0.05, 0) is 28.8 Å². The first-order valence-corrected chi connectivity index (χ1v) is 6.38. The van der Waals surface area contributed by atoms with Crippen LogP contribution in [0.25, 0.3) is 0 Å². The third-order valence-corrected chi connectivity index (χ3v) is 3.22. The topological polar surface area (TPSA) is 64.7 Å². The normalized spacial score (nSPS) is 12.0. The maximum atomic E-state index is 10.5. The van der Waals surface area contributed by atoms with Crippen molar-refractivity contribution in [1.29, 1.82) is 0 Å². The number of rotatable bonds is 5. The Bertz CT molecular complexity index is 544. The molecule has 0 saturated carbocycles. The zero-order valence-electron chi connectivity index (χ0n) is 11.7. The molecule has 2 rings (SSSR count). The van der Waals surface area contributed by atoms with Gasteiger partial charge in [0.15, 0.2) is 0 Å². The van der Waals surface area contributed by atoms with E-state index in [1.165, 1.54) is 0 Å². The first-order valence-electron chi connectivity index (χ1n) is 6.38. The Morgan fingerprint density at radius 2 is 1.50 bits per heavy atom. The van der Waals surface area contributed by atoms with Crippen molar-refractivity contribution in [3.05, 3.63) is 59.2 Å². The van der Waals surface area contributed by atoms with Gasteiger partial charge in [0.25, 0.3) is 0 Å². The number of benzene rings is 2. The molecule has 4 nitrogen and oxygen atoms in total. The number of nitrogens with two attached hydrogens (primary N) is 1. The number of aliphatic hydroxyl groups is 1. The largest absolute Gasteiger partial charge is 0.497 e. The minimum absolute atomic E-state index is 0.489. The van der Waals surface area contributed by atoms with E-state index in [2.05, 4.69) is 0 Å². The summed E-state index contributed by atoms with van der Waals surface area (Å²) in [6.45, 7) is 0.489. The highest BCUT2D eigenvalue weighted by Crippen LogP contribution is 2.29. The molecule has 0 bridgehead atoms. The van der Waals surface area contributed by atoms with E-state index in [4.69, 9.17) is 15.2 Å². The van der Waals surface area contributed by atoms with Crippen LogP contribution in [-0.2, 0) is 6.54 Å². The SMILES string of the molecule is COc1cc(OC)cc(C(O)c2ccc(CN)cc2)c1. The van der Waals surface area contributed by atoms with Crippen molar-refractivity contribution in [3.63, 3.8) is 0 Å². The standard InChI is InChI=1S/C16H19NO3/c1-19-14-7-13(8-15(9-14)20-2)16(18)12-5-3-11(10-17)4-6-12/h3-9,16,18H,10,17H2,1-2H3. The molecule has 0 spiro atoms. The second-order valence-corrected chi connectivity index (χ2v) is 4.49. The van der Waals surface area contributed by atoms with Gasteiger partial charge in [-0.15, -0.1) is 0 Å². The smallest absolute Gasteiger partial charge is 0.122 e. The molecule has 4 heteroatoms. The van der Waals surface area contributed by atoms with Gasteiger partial charge in [-0.25, -0.2) is 0 Å². The van der Waals surface area contributed by atoms with Crippen LogP contribution in [0.1, 0.15) is 22.8 Å². The van der Waals surface area contributed by atoms with Crippen LogP contribution in [0, 0.1) is 0 Å². The van der Waals surface area contributed by atoms with Crippen LogP contribution < -0.4 is 15.2 Å². The molecule has 0 aliphatic rings. The highest BCUT2D eigenvalue weighted by molar-refractivity contribution is 5.42. The Balaban J connectivity index is 2.33. The molecule has 0 aliphatic heterocycles. The van der Waals surface area contributed by atoms with E-state index in [1.807, 2.05) is 24.3 Å². The summed E-state index contributed by atoms with van der Waals surface area (Å²) in [5.41, 5.74) is 8.13. The van der Waals surface area contributed by atoms with Crippen molar-refractivity contribution in [3.8, 4) is 11.5 Å². The van der Waals surface area contributed by atoms with E-state index in [0.29, 0.717) is 18.0 Å². The first-order chi connectivity index (χ1) is 9.67. The zero-order chi connectivity index (χ0) is 14.5. The minimum Gasteiger partial charge on any atom is -0.497 e. The van der Waals surface area contributed by atoms with Gasteiger partial charge in [0.05, 0.1) is 14.2 Å². The Hall–Kier alpha value is -2.04. The van der Waals surface area contributed by atoms with Crippen LogP contribution in [0.4, 0.5) is 0 Å². The molecule has 0 radical (unpaired) electrons. The van der Waals surface area contributed by atoms with Crippen LogP contribution in [-0.4, -0.2) is 19.3 Å². The van der Waals surface area contributed by atoms with Gasteiger partial charge in [0.2, 0.25) is 0 Å². The molecular formula is C16H19NO3. The highest BCUT2D eigenvalue weighted by Gasteiger charge is 2.13. The lowest BCUT2D eigenvalue weighted by Crippen LogP contribution is -2.02. The number of ether oxygens (including phenoxy) is 2. The lowest BCUT2D eigenvalue weighted by atomic mass is 10.00. The van der Waals surface area contributed by atoms with Gasteiger partial charge in [0.1, 0.15) is 17.6 Å². The van der Waals surface area contributed by atoms with E-state index in [0.717, 1.165) is 16.7 Å². The average molecular weight is 273 g/mol. The molecule has 106 valence electrons. The van der Waals surface area contributed by atoms with Crippen molar-refractivity contribution >= 4 is 0 Å². The van der Waals surface area contributed by atoms with E-state index >= 15 is 0 Å². The van der Waals surface area contributed by atoms with E-state index < -0.39 is 6.10 Å². The van der Waals surface area contributed by atoms with Crippen molar-refractivity contribution < 1.29 is 14.6 Å². The summed E-state index contributed by atoms with van der Waals surface area (Å²) in [5.74, 6) is 1.30.